The number of thiocarbonyl (C=S) groups is 1. The van der Waals surface area contributed by atoms with Crippen molar-refractivity contribution in [2.24, 2.45) is 0 Å². The van der Waals surface area contributed by atoms with Crippen molar-refractivity contribution >= 4 is 40.2 Å². The van der Waals surface area contributed by atoms with E-state index in [0.29, 0.717) is 28.4 Å². The van der Waals surface area contributed by atoms with Gasteiger partial charge >= 0.3 is 0 Å². The fraction of sp³-hybridized carbons (Fsp3) is 0.303. The first-order valence-electron chi connectivity index (χ1n) is 13.8. The van der Waals surface area contributed by atoms with Gasteiger partial charge in [-0.3, -0.25) is 9.59 Å². The van der Waals surface area contributed by atoms with Gasteiger partial charge in [-0.2, -0.15) is 10.1 Å². The monoisotopic (exact) mass is 592 g/mol. The quantitative estimate of drug-likeness (QED) is 0.163. The third kappa shape index (κ3) is 8.94. The molecule has 0 aromatic heterocycles. The van der Waals surface area contributed by atoms with Gasteiger partial charge in [0.15, 0.2) is 0 Å². The molecule has 2 aromatic rings. The minimum atomic E-state index is -0.419. The lowest BCUT2D eigenvalue weighted by Gasteiger charge is -2.23. The Morgan fingerprint density at radius 1 is 0.762 bits per heavy atom. The van der Waals surface area contributed by atoms with E-state index in [-0.39, 0.29) is 11.5 Å². The predicted molar refractivity (Wildman–Crippen MR) is 171 cm³/mol. The molecule has 0 fully saturated rings. The van der Waals surface area contributed by atoms with Crippen molar-refractivity contribution in [1.29, 1.82) is 0 Å². The fourth-order valence-electron chi connectivity index (χ4n) is 3.69. The first-order chi connectivity index (χ1) is 20.2. The number of amides is 2. The van der Waals surface area contributed by atoms with Crippen LogP contribution in [0.1, 0.15) is 72.9 Å². The van der Waals surface area contributed by atoms with E-state index in [1.165, 1.54) is 28.3 Å². The molecule has 224 valence electrons. The number of carbonyl (C=O) groups is 2. The molecule has 0 spiro atoms. The van der Waals surface area contributed by atoms with E-state index in [0.717, 1.165) is 32.4 Å². The number of carbonyl (C=O) groups excluding carboxylic acids is 2. The van der Waals surface area contributed by atoms with E-state index in [1.807, 2.05) is 64.8 Å². The highest BCUT2D eigenvalue weighted by atomic mass is 32.1. The largest absolute Gasteiger partial charge is 0.496 e. The van der Waals surface area contributed by atoms with Crippen molar-refractivity contribution < 1.29 is 28.7 Å². The lowest BCUT2D eigenvalue weighted by Crippen LogP contribution is -2.31. The van der Waals surface area contributed by atoms with Gasteiger partial charge in [0.25, 0.3) is 11.8 Å². The van der Waals surface area contributed by atoms with E-state index in [4.69, 9.17) is 31.4 Å². The second-order valence-corrected chi connectivity index (χ2v) is 8.95. The number of hydrogen-bond acceptors (Lipinski definition) is 7. The molecule has 0 bridgehead atoms. The highest BCUT2D eigenvalue weighted by Crippen LogP contribution is 2.34. The normalized spacial score (nSPS) is 12.5. The van der Waals surface area contributed by atoms with Gasteiger partial charge in [0.05, 0.1) is 31.8 Å². The van der Waals surface area contributed by atoms with Gasteiger partial charge in [-0.1, -0.05) is 52.0 Å². The molecule has 8 nitrogen and oxygen atoms in total. The van der Waals surface area contributed by atoms with Crippen molar-refractivity contribution in [3.63, 3.8) is 0 Å². The average Bonchev–Trinajstić information content (AvgIpc) is 3.95. The molecule has 0 aliphatic heterocycles. The van der Waals surface area contributed by atoms with E-state index >= 15 is 0 Å². The average molecular weight is 593 g/mol. The van der Waals surface area contributed by atoms with Crippen LogP contribution < -0.4 is 9.47 Å². The SMILES string of the molecule is C/C=C(/CC(=S)ON(C)C(=O)c1cc(C2=C[CH]2)ccc1OC)ON(C)C(=O)c1cc(C2=C[CH]2)ccc1OC.CC.CC. The number of methoxy groups -OCH3 is 2. The summed E-state index contributed by atoms with van der Waals surface area (Å²) in [5.41, 5.74) is 4.67. The molecule has 2 aromatic carbocycles. The molecule has 42 heavy (non-hydrogen) atoms. The summed E-state index contributed by atoms with van der Waals surface area (Å²) in [4.78, 5) is 37.6. The molecule has 2 amide bonds. The van der Waals surface area contributed by atoms with Gasteiger partial charge in [-0.05, 0) is 71.8 Å². The second-order valence-electron chi connectivity index (χ2n) is 8.50. The van der Waals surface area contributed by atoms with Crippen LogP contribution in [0.3, 0.4) is 0 Å². The molecule has 9 heteroatoms. The number of hydroxylamine groups is 4. The van der Waals surface area contributed by atoms with Crippen LogP contribution in [-0.4, -0.2) is 55.3 Å². The molecule has 2 radical (unpaired) electrons. The van der Waals surface area contributed by atoms with Crippen LogP contribution in [0.25, 0.3) is 11.1 Å². The van der Waals surface area contributed by atoms with Crippen LogP contribution in [0.15, 0.2) is 60.4 Å². The highest BCUT2D eigenvalue weighted by molar-refractivity contribution is 7.80. The first-order valence-corrected chi connectivity index (χ1v) is 14.2. The van der Waals surface area contributed by atoms with Crippen molar-refractivity contribution in [2.75, 3.05) is 28.3 Å². The second kappa shape index (κ2) is 16.4. The van der Waals surface area contributed by atoms with Crippen LogP contribution in [0.4, 0.5) is 0 Å². The highest BCUT2D eigenvalue weighted by Gasteiger charge is 2.24. The minimum absolute atomic E-state index is 0.0547. The summed E-state index contributed by atoms with van der Waals surface area (Å²) in [6.45, 7) is 9.75. The summed E-state index contributed by atoms with van der Waals surface area (Å²) in [6.07, 6.45) is 9.58. The van der Waals surface area contributed by atoms with Crippen LogP contribution in [0.2, 0.25) is 0 Å². The van der Waals surface area contributed by atoms with Gasteiger partial charge in [0, 0.05) is 26.9 Å². The van der Waals surface area contributed by atoms with Crippen LogP contribution in [0.5, 0.6) is 11.5 Å². The molecule has 4 rings (SSSR count). The Balaban J connectivity index is 0.00000148. The zero-order chi connectivity index (χ0) is 31.4. The topological polar surface area (TPSA) is 77.5 Å². The summed E-state index contributed by atoms with van der Waals surface area (Å²) in [6, 6.07) is 10.8. The maximum atomic E-state index is 13.1. The zero-order valence-electron chi connectivity index (χ0n) is 25.8. The smallest absolute Gasteiger partial charge is 0.289 e. The van der Waals surface area contributed by atoms with Gasteiger partial charge in [-0.25, -0.2) is 0 Å². The van der Waals surface area contributed by atoms with E-state index in [2.05, 4.69) is 0 Å². The van der Waals surface area contributed by atoms with Gasteiger partial charge in [-0.15, -0.1) is 0 Å². The summed E-state index contributed by atoms with van der Waals surface area (Å²) < 4.78 is 10.7. The minimum Gasteiger partial charge on any atom is -0.496 e. The summed E-state index contributed by atoms with van der Waals surface area (Å²) in [5.74, 6) is 0.424. The maximum absolute atomic E-state index is 13.1. The van der Waals surface area contributed by atoms with Gasteiger partial charge in [0.1, 0.15) is 17.3 Å². The van der Waals surface area contributed by atoms with Crippen molar-refractivity contribution in [3.05, 3.63) is 95.5 Å². The third-order valence-corrected chi connectivity index (χ3v) is 6.12. The van der Waals surface area contributed by atoms with Gasteiger partial charge < -0.3 is 19.1 Å². The summed E-state index contributed by atoms with van der Waals surface area (Å²) >= 11 is 5.37. The molecule has 0 saturated heterocycles. The zero-order valence-corrected chi connectivity index (χ0v) is 26.6. The Morgan fingerprint density at radius 2 is 1.17 bits per heavy atom. The van der Waals surface area contributed by atoms with Crippen LogP contribution >= 0.6 is 12.2 Å². The van der Waals surface area contributed by atoms with Crippen LogP contribution in [0, 0.1) is 12.8 Å². The lowest BCUT2D eigenvalue weighted by molar-refractivity contribution is -0.0694. The molecular weight excluding hydrogens is 552 g/mol. The molecule has 2 aliphatic rings. The molecule has 0 saturated carbocycles. The van der Waals surface area contributed by atoms with Crippen molar-refractivity contribution in [3.8, 4) is 11.5 Å². The lowest BCUT2D eigenvalue weighted by atomic mass is 10.1. The standard InChI is InChI=1S/C29H28N2O6S.2C2H6/c1-6-22(36-30(2)28(32)23-15-20(18-7-8-18)11-13-25(23)34-4)17-27(38)37-31(3)29(33)24-16-21(19-9-10-19)12-14-26(24)35-5;2*1-2/h6-16H,17H2,1-5H3;2*1-2H3/b22-6-;;. The first kappa shape index (κ1) is 34.1. The maximum Gasteiger partial charge on any atom is 0.289 e. The van der Waals surface area contributed by atoms with Crippen molar-refractivity contribution in [2.45, 2.75) is 41.0 Å². The van der Waals surface area contributed by atoms with E-state index in [1.54, 1.807) is 37.3 Å². The Hall–Kier alpha value is -4.11. The summed E-state index contributed by atoms with van der Waals surface area (Å²) in [7, 11) is 5.99. The fourth-order valence-corrected chi connectivity index (χ4v) is 3.94. The number of nitrogens with zero attached hydrogens (tertiary/aromatic N) is 2. The van der Waals surface area contributed by atoms with Crippen molar-refractivity contribution in [1.82, 2.24) is 10.1 Å². The number of rotatable bonds is 10. The van der Waals surface area contributed by atoms with E-state index in [9.17, 15) is 9.59 Å². The molecule has 0 atom stereocenters. The van der Waals surface area contributed by atoms with Crippen LogP contribution in [-0.2, 0) is 9.68 Å². The van der Waals surface area contributed by atoms with E-state index < -0.39 is 11.8 Å². The number of hydrogen-bond donors (Lipinski definition) is 0. The van der Waals surface area contributed by atoms with Gasteiger partial charge in [0.2, 0.25) is 5.05 Å². The Bertz CT molecular complexity index is 1380. The predicted octanol–water partition coefficient (Wildman–Crippen LogP) is 7.29. The molecule has 0 unspecified atom stereocenters. The number of ether oxygens (including phenoxy) is 2. The molecule has 0 heterocycles. The third-order valence-electron chi connectivity index (χ3n) is 5.90. The Kier molecular flexibility index (Phi) is 13.3. The Morgan fingerprint density at radius 3 is 1.52 bits per heavy atom. The Labute approximate surface area is 255 Å². The summed E-state index contributed by atoms with van der Waals surface area (Å²) in [5, 5.41) is 2.25. The molecule has 0 N–H and O–H groups in total. The molecule has 2 aliphatic carbocycles. The number of benzene rings is 2. The number of allylic oxidation sites excluding steroid dienone is 5. The molecular formula is C33H40N2O6S.